The van der Waals surface area contributed by atoms with Crippen molar-refractivity contribution in [2.45, 2.75) is 25.4 Å². The number of anilines is 1. The number of pyridine rings is 1. The van der Waals surface area contributed by atoms with Gasteiger partial charge in [-0.15, -0.1) is 0 Å². The second-order valence-electron chi connectivity index (χ2n) is 8.77. The molecule has 0 bridgehead atoms. The number of amides is 1. The quantitative estimate of drug-likeness (QED) is 0.303. The van der Waals surface area contributed by atoms with Crippen LogP contribution in [0.2, 0.25) is 5.02 Å². The zero-order valence-electron chi connectivity index (χ0n) is 19.8. The number of benzene rings is 2. The predicted molar refractivity (Wildman–Crippen MR) is 147 cm³/mol. The number of aryl methyl sites for hydroxylation is 1. The second-order valence-corrected chi connectivity index (χ2v) is 9.59. The van der Waals surface area contributed by atoms with Gasteiger partial charge in [-0.25, -0.2) is 0 Å². The highest BCUT2D eigenvalue weighted by molar-refractivity contribution is 7.80. The van der Waals surface area contributed by atoms with Gasteiger partial charge in [0.25, 0.3) is 0 Å². The van der Waals surface area contributed by atoms with Crippen molar-refractivity contribution in [3.8, 4) is 5.69 Å². The lowest BCUT2D eigenvalue weighted by Gasteiger charge is -2.29. The molecule has 0 spiro atoms. The van der Waals surface area contributed by atoms with E-state index >= 15 is 0 Å². The molecule has 36 heavy (non-hydrogen) atoms. The lowest BCUT2D eigenvalue weighted by Crippen LogP contribution is -2.33. The third-order valence-corrected chi connectivity index (χ3v) is 6.87. The molecule has 0 aliphatic carbocycles. The summed E-state index contributed by atoms with van der Waals surface area (Å²) < 4.78 is 2.11. The lowest BCUT2D eigenvalue weighted by atomic mass is 10.0. The van der Waals surface area contributed by atoms with E-state index in [1.165, 1.54) is 0 Å². The van der Waals surface area contributed by atoms with E-state index in [0.29, 0.717) is 23.1 Å². The van der Waals surface area contributed by atoms with Crippen molar-refractivity contribution < 1.29 is 4.79 Å². The van der Waals surface area contributed by atoms with Crippen molar-refractivity contribution in [2.24, 2.45) is 0 Å². The van der Waals surface area contributed by atoms with E-state index in [2.05, 4.69) is 31.2 Å². The number of halogens is 1. The van der Waals surface area contributed by atoms with E-state index in [-0.39, 0.29) is 18.0 Å². The Morgan fingerprint density at radius 1 is 1.08 bits per heavy atom. The molecule has 8 heteroatoms. The number of carbonyl (C=O) groups excluding carboxylic acids is 1. The van der Waals surface area contributed by atoms with Gasteiger partial charge in [0.2, 0.25) is 5.91 Å². The van der Waals surface area contributed by atoms with Crippen molar-refractivity contribution in [3.63, 3.8) is 0 Å². The molecule has 2 aromatic heterocycles. The SMILES string of the molecule is Cc1ccc(NC(=O)CCN2C(=S)NC(c3ccccn3)C2c2cccn2-c2cccc(Cl)c2)cc1. The fourth-order valence-corrected chi connectivity index (χ4v) is 5.06. The van der Waals surface area contributed by atoms with Crippen LogP contribution in [0.4, 0.5) is 5.69 Å². The van der Waals surface area contributed by atoms with Gasteiger partial charge >= 0.3 is 0 Å². The van der Waals surface area contributed by atoms with E-state index in [4.69, 9.17) is 23.8 Å². The first kappa shape index (κ1) is 24.0. The van der Waals surface area contributed by atoms with Crippen LogP contribution in [0, 0.1) is 6.92 Å². The van der Waals surface area contributed by atoms with Crippen LogP contribution in [0.3, 0.4) is 0 Å². The Kier molecular flexibility index (Phi) is 7.02. The lowest BCUT2D eigenvalue weighted by molar-refractivity contribution is -0.116. The van der Waals surface area contributed by atoms with Gasteiger partial charge in [-0.2, -0.15) is 0 Å². The molecule has 182 valence electrons. The maximum atomic E-state index is 12.8. The number of carbonyl (C=O) groups is 1. The molecule has 5 rings (SSSR count). The van der Waals surface area contributed by atoms with Gasteiger partial charge in [-0.3, -0.25) is 9.78 Å². The van der Waals surface area contributed by atoms with Crippen molar-refractivity contribution in [3.05, 3.63) is 113 Å². The molecule has 1 fully saturated rings. The molecule has 2 aromatic carbocycles. The Balaban J connectivity index is 1.44. The molecule has 2 atom stereocenters. The molecule has 2 N–H and O–H groups in total. The summed E-state index contributed by atoms with van der Waals surface area (Å²) in [5.41, 5.74) is 4.80. The number of aromatic nitrogens is 2. The first-order valence-electron chi connectivity index (χ1n) is 11.8. The summed E-state index contributed by atoms with van der Waals surface area (Å²) in [7, 11) is 0. The van der Waals surface area contributed by atoms with Crippen LogP contribution in [0.25, 0.3) is 5.69 Å². The van der Waals surface area contributed by atoms with Crippen LogP contribution in [-0.4, -0.2) is 32.0 Å². The van der Waals surface area contributed by atoms with Crippen LogP contribution in [-0.2, 0) is 4.79 Å². The third kappa shape index (κ3) is 5.12. The highest BCUT2D eigenvalue weighted by Gasteiger charge is 2.41. The van der Waals surface area contributed by atoms with E-state index in [1.807, 2.05) is 85.9 Å². The molecule has 1 saturated heterocycles. The summed E-state index contributed by atoms with van der Waals surface area (Å²) in [6.45, 7) is 2.47. The normalized spacial score (nSPS) is 17.2. The van der Waals surface area contributed by atoms with Gasteiger partial charge in [-0.05, 0) is 73.7 Å². The number of nitrogens with one attached hydrogen (secondary N) is 2. The van der Waals surface area contributed by atoms with Crippen LogP contribution >= 0.6 is 23.8 Å². The van der Waals surface area contributed by atoms with Gasteiger partial charge in [0.15, 0.2) is 5.11 Å². The van der Waals surface area contributed by atoms with Gasteiger partial charge in [-0.1, -0.05) is 41.4 Å². The first-order valence-corrected chi connectivity index (χ1v) is 12.6. The maximum absolute atomic E-state index is 12.8. The summed E-state index contributed by atoms with van der Waals surface area (Å²) in [6.07, 6.45) is 4.09. The van der Waals surface area contributed by atoms with E-state index in [0.717, 1.165) is 28.3 Å². The summed E-state index contributed by atoms with van der Waals surface area (Å²) in [6, 6.07) is 25.1. The molecule has 3 heterocycles. The average Bonchev–Trinajstić information content (AvgIpc) is 3.49. The molecule has 1 amide bonds. The monoisotopic (exact) mass is 515 g/mol. The smallest absolute Gasteiger partial charge is 0.226 e. The topological polar surface area (TPSA) is 62.2 Å². The largest absolute Gasteiger partial charge is 0.352 e. The Morgan fingerprint density at radius 3 is 2.67 bits per heavy atom. The summed E-state index contributed by atoms with van der Waals surface area (Å²) in [5.74, 6) is -0.0630. The fourth-order valence-electron chi connectivity index (χ4n) is 4.55. The molecule has 4 aromatic rings. The maximum Gasteiger partial charge on any atom is 0.226 e. The standard InChI is InChI=1S/C28H26ClN5OS/c1-19-10-12-21(13-11-19)31-25(35)14-17-34-27(26(32-28(34)36)23-8-2-3-15-30-23)24-9-5-16-33(24)22-7-4-6-20(29)18-22/h2-13,15-16,18,26-27H,14,17H2,1H3,(H,31,35)(H,32,36). The summed E-state index contributed by atoms with van der Waals surface area (Å²) in [4.78, 5) is 19.5. The molecule has 1 aliphatic heterocycles. The fraction of sp³-hybridized carbons (Fsp3) is 0.179. The van der Waals surface area contributed by atoms with E-state index in [1.54, 1.807) is 6.20 Å². The zero-order chi connectivity index (χ0) is 25.1. The minimum atomic E-state index is -0.174. The van der Waals surface area contributed by atoms with Crippen LogP contribution in [0.5, 0.6) is 0 Å². The summed E-state index contributed by atoms with van der Waals surface area (Å²) >= 11 is 12.1. The minimum Gasteiger partial charge on any atom is -0.352 e. The van der Waals surface area contributed by atoms with Crippen LogP contribution < -0.4 is 10.6 Å². The number of hydrogen-bond acceptors (Lipinski definition) is 3. The Bertz CT molecular complexity index is 1370. The Morgan fingerprint density at radius 2 is 1.92 bits per heavy atom. The number of hydrogen-bond donors (Lipinski definition) is 2. The number of nitrogens with zero attached hydrogens (tertiary/aromatic N) is 3. The van der Waals surface area contributed by atoms with Crippen LogP contribution in [0.1, 0.15) is 35.5 Å². The van der Waals surface area contributed by atoms with Crippen molar-refractivity contribution >= 4 is 40.5 Å². The zero-order valence-corrected chi connectivity index (χ0v) is 21.3. The van der Waals surface area contributed by atoms with Crippen molar-refractivity contribution in [2.75, 3.05) is 11.9 Å². The Labute approximate surface area is 220 Å². The van der Waals surface area contributed by atoms with Crippen molar-refractivity contribution in [1.29, 1.82) is 0 Å². The van der Waals surface area contributed by atoms with Gasteiger partial charge in [0.05, 0.1) is 17.8 Å². The highest BCUT2D eigenvalue weighted by Crippen LogP contribution is 2.39. The minimum absolute atomic E-state index is 0.0630. The van der Waals surface area contributed by atoms with Gasteiger partial charge < -0.3 is 20.1 Å². The third-order valence-electron chi connectivity index (χ3n) is 6.28. The van der Waals surface area contributed by atoms with E-state index < -0.39 is 0 Å². The van der Waals surface area contributed by atoms with Crippen LogP contribution in [0.15, 0.2) is 91.3 Å². The predicted octanol–water partition coefficient (Wildman–Crippen LogP) is 5.84. The Hall–Kier alpha value is -3.68. The second kappa shape index (κ2) is 10.5. The number of thiocarbonyl (C=S) groups is 1. The van der Waals surface area contributed by atoms with Gasteiger partial charge in [0, 0.05) is 47.5 Å². The van der Waals surface area contributed by atoms with E-state index in [9.17, 15) is 4.79 Å². The first-order chi connectivity index (χ1) is 17.5. The molecule has 2 unspecified atom stereocenters. The molecule has 0 radical (unpaired) electrons. The molecular formula is C28H26ClN5OS. The molecule has 0 saturated carbocycles. The molecule has 6 nitrogen and oxygen atoms in total. The van der Waals surface area contributed by atoms with Crippen molar-refractivity contribution in [1.82, 2.24) is 19.8 Å². The average molecular weight is 516 g/mol. The van der Waals surface area contributed by atoms with Gasteiger partial charge in [0.1, 0.15) is 0 Å². The summed E-state index contributed by atoms with van der Waals surface area (Å²) in [5, 5.41) is 7.69. The highest BCUT2D eigenvalue weighted by atomic mass is 35.5. The molecular weight excluding hydrogens is 490 g/mol. The molecule has 1 aliphatic rings. The number of rotatable bonds is 7.